The van der Waals surface area contributed by atoms with Gasteiger partial charge in [-0.3, -0.25) is 0 Å². The maximum absolute atomic E-state index is 14.0. The van der Waals surface area contributed by atoms with Gasteiger partial charge in [0, 0.05) is 36.7 Å². The Balaban J connectivity index is 1.97. The van der Waals surface area contributed by atoms with E-state index in [-0.39, 0.29) is 17.2 Å². The summed E-state index contributed by atoms with van der Waals surface area (Å²) >= 11 is 0. The summed E-state index contributed by atoms with van der Waals surface area (Å²) < 4.78 is 52.5. The molecule has 0 bridgehead atoms. The molecule has 3 nitrogen and oxygen atoms in total. The summed E-state index contributed by atoms with van der Waals surface area (Å²) in [5.74, 6) is -2.82. The molecule has 1 atom stereocenters. The van der Waals surface area contributed by atoms with Crippen molar-refractivity contribution in [2.24, 2.45) is 0 Å². The van der Waals surface area contributed by atoms with Crippen LogP contribution in [-0.4, -0.2) is 32.2 Å². The lowest BCUT2D eigenvalue weighted by Gasteiger charge is -2.41. The van der Waals surface area contributed by atoms with E-state index in [4.69, 9.17) is 0 Å². The topological polar surface area (TPSA) is 37.4 Å². The van der Waals surface area contributed by atoms with E-state index in [1.165, 1.54) is 18.2 Å². The van der Waals surface area contributed by atoms with Crippen molar-refractivity contribution in [2.45, 2.75) is 38.0 Å². The first kappa shape index (κ1) is 18.1. The molecule has 0 saturated carbocycles. The van der Waals surface area contributed by atoms with Gasteiger partial charge in [-0.2, -0.15) is 0 Å². The monoisotopic (exact) mass is 367 g/mol. The van der Waals surface area contributed by atoms with E-state index >= 15 is 0 Å². The number of benzene rings is 1. The molecule has 3 rings (SSSR count). The first-order valence-electron chi connectivity index (χ1n) is 8.54. The molecule has 2 aliphatic rings. The molecule has 1 unspecified atom stereocenters. The molecule has 6 heteroatoms. The predicted molar refractivity (Wildman–Crippen MR) is 95.2 cm³/mol. The fourth-order valence-corrected chi connectivity index (χ4v) is 5.15. The fourth-order valence-electron chi connectivity index (χ4n) is 3.79. The number of nitrogens with zero attached hydrogens (tertiary/aromatic N) is 1. The largest absolute Gasteiger partial charge is 0.373 e. The number of sulfone groups is 1. The normalized spacial score (nSPS) is 23.3. The summed E-state index contributed by atoms with van der Waals surface area (Å²) in [5, 5.41) is 0. The average molecular weight is 367 g/mol. The first-order valence-corrected chi connectivity index (χ1v) is 10.2. The van der Waals surface area contributed by atoms with Crippen LogP contribution in [0.1, 0.15) is 43.2 Å². The van der Waals surface area contributed by atoms with E-state index in [0.717, 1.165) is 30.6 Å². The molecule has 1 saturated heterocycles. The molecule has 2 heterocycles. The minimum absolute atomic E-state index is 0.0363. The summed E-state index contributed by atoms with van der Waals surface area (Å²) in [5.41, 5.74) is 1.71. The van der Waals surface area contributed by atoms with Crippen molar-refractivity contribution in [1.29, 1.82) is 0 Å². The van der Waals surface area contributed by atoms with Crippen LogP contribution in [0.4, 0.5) is 8.78 Å². The van der Waals surface area contributed by atoms with Gasteiger partial charge in [0.15, 0.2) is 9.84 Å². The Kier molecular flexibility index (Phi) is 4.75. The zero-order chi connectivity index (χ0) is 18.2. The Hall–Kier alpha value is -1.69. The van der Waals surface area contributed by atoms with Gasteiger partial charge in [0.2, 0.25) is 0 Å². The molecule has 1 aromatic rings. The van der Waals surface area contributed by atoms with Gasteiger partial charge >= 0.3 is 0 Å². The zero-order valence-corrected chi connectivity index (χ0v) is 15.2. The summed E-state index contributed by atoms with van der Waals surface area (Å²) in [7, 11) is -3.20. The molecule has 0 aromatic heterocycles. The van der Waals surface area contributed by atoms with Crippen LogP contribution < -0.4 is 0 Å². The van der Waals surface area contributed by atoms with Gasteiger partial charge < -0.3 is 4.90 Å². The van der Waals surface area contributed by atoms with Crippen molar-refractivity contribution in [3.8, 4) is 0 Å². The fraction of sp³-hybridized carbons (Fsp3) is 0.474. The van der Waals surface area contributed by atoms with Crippen LogP contribution in [0.3, 0.4) is 0 Å². The molecular weight excluding hydrogens is 344 g/mol. The molecule has 0 aliphatic carbocycles. The standard InChI is InChI=1S/C19H23F2NO2S/c1-3-10-19(20,21)16-8-6-15(7-9-16)17-5-4-11-22-12-13-25(23,24)14(2)18(17)22/h3,6-9,17H,1,4-5,10-13H2,2H3. The molecule has 136 valence electrons. The van der Waals surface area contributed by atoms with Crippen LogP contribution in [0.25, 0.3) is 0 Å². The van der Waals surface area contributed by atoms with Gasteiger partial charge in [-0.15, -0.1) is 6.58 Å². The second-order valence-corrected chi connectivity index (χ2v) is 9.01. The third-order valence-electron chi connectivity index (χ3n) is 5.18. The van der Waals surface area contributed by atoms with Crippen LogP contribution in [0.2, 0.25) is 0 Å². The summed E-state index contributed by atoms with van der Waals surface area (Å²) in [6.07, 6.45) is 2.62. The minimum atomic E-state index is -3.20. The van der Waals surface area contributed by atoms with E-state index in [9.17, 15) is 17.2 Å². The van der Waals surface area contributed by atoms with Crippen LogP contribution >= 0.6 is 0 Å². The quantitative estimate of drug-likeness (QED) is 0.749. The predicted octanol–water partition coefficient (Wildman–Crippen LogP) is 4.19. The average Bonchev–Trinajstić information content (AvgIpc) is 2.58. The molecule has 25 heavy (non-hydrogen) atoms. The molecule has 0 spiro atoms. The van der Waals surface area contributed by atoms with Crippen molar-refractivity contribution >= 4 is 9.84 Å². The van der Waals surface area contributed by atoms with Gasteiger partial charge in [-0.05, 0) is 25.3 Å². The van der Waals surface area contributed by atoms with Crippen molar-refractivity contribution < 1.29 is 17.2 Å². The number of hydrogen-bond acceptors (Lipinski definition) is 3. The Morgan fingerprint density at radius 2 is 1.96 bits per heavy atom. The second-order valence-electron chi connectivity index (χ2n) is 6.76. The van der Waals surface area contributed by atoms with E-state index in [1.807, 2.05) is 0 Å². The lowest BCUT2D eigenvalue weighted by atomic mass is 9.86. The zero-order valence-electron chi connectivity index (χ0n) is 14.3. The summed E-state index contributed by atoms with van der Waals surface area (Å²) in [6, 6.07) is 6.32. The van der Waals surface area contributed by atoms with Crippen LogP contribution in [-0.2, 0) is 15.8 Å². The van der Waals surface area contributed by atoms with Crippen LogP contribution in [0, 0.1) is 0 Å². The van der Waals surface area contributed by atoms with Crippen LogP contribution in [0.15, 0.2) is 47.5 Å². The number of allylic oxidation sites excluding steroid dienone is 3. The molecule has 0 N–H and O–H groups in total. The SMILES string of the molecule is C=CCC(F)(F)c1ccc(C2CCCN3CCS(=O)(=O)C(C)=C23)cc1. The minimum Gasteiger partial charge on any atom is -0.373 e. The van der Waals surface area contributed by atoms with E-state index < -0.39 is 22.2 Å². The third-order valence-corrected chi connectivity index (χ3v) is 7.05. The highest BCUT2D eigenvalue weighted by Gasteiger charge is 2.36. The molecule has 0 amide bonds. The highest BCUT2D eigenvalue weighted by molar-refractivity contribution is 7.95. The maximum Gasteiger partial charge on any atom is 0.276 e. The molecular formula is C19H23F2NO2S. The number of halogens is 2. The van der Waals surface area contributed by atoms with Gasteiger partial charge in [-0.1, -0.05) is 30.3 Å². The molecule has 0 radical (unpaired) electrons. The van der Waals surface area contributed by atoms with Gasteiger partial charge in [-0.25, -0.2) is 17.2 Å². The first-order chi connectivity index (χ1) is 11.8. The Labute approximate surface area is 148 Å². The molecule has 1 aromatic carbocycles. The van der Waals surface area contributed by atoms with Gasteiger partial charge in [0.25, 0.3) is 5.92 Å². The summed E-state index contributed by atoms with van der Waals surface area (Å²) in [4.78, 5) is 2.58. The molecule has 1 fully saturated rings. The number of fused-ring (bicyclic) bond motifs is 1. The number of hydrogen-bond donors (Lipinski definition) is 0. The lowest BCUT2D eigenvalue weighted by Crippen LogP contribution is -2.41. The van der Waals surface area contributed by atoms with E-state index in [2.05, 4.69) is 11.5 Å². The van der Waals surface area contributed by atoms with Crippen molar-refractivity contribution in [3.05, 3.63) is 58.6 Å². The lowest BCUT2D eigenvalue weighted by molar-refractivity contribution is -0.000870. The summed E-state index contributed by atoms with van der Waals surface area (Å²) in [6.45, 7) is 6.42. The van der Waals surface area contributed by atoms with Crippen molar-refractivity contribution in [3.63, 3.8) is 0 Å². The number of alkyl halides is 2. The molecule has 2 aliphatic heterocycles. The third kappa shape index (κ3) is 3.36. The van der Waals surface area contributed by atoms with Crippen molar-refractivity contribution in [2.75, 3.05) is 18.8 Å². The van der Waals surface area contributed by atoms with Crippen LogP contribution in [0.5, 0.6) is 0 Å². The van der Waals surface area contributed by atoms with Gasteiger partial charge in [0.05, 0.1) is 10.7 Å². The Morgan fingerprint density at radius 3 is 2.60 bits per heavy atom. The number of rotatable bonds is 4. The maximum atomic E-state index is 14.0. The van der Waals surface area contributed by atoms with E-state index in [0.29, 0.717) is 11.4 Å². The van der Waals surface area contributed by atoms with Gasteiger partial charge in [0.1, 0.15) is 0 Å². The van der Waals surface area contributed by atoms with Crippen molar-refractivity contribution in [1.82, 2.24) is 4.90 Å². The number of piperidine rings is 1. The van der Waals surface area contributed by atoms with E-state index in [1.54, 1.807) is 19.1 Å². The highest BCUT2D eigenvalue weighted by atomic mass is 32.2. The second kappa shape index (κ2) is 6.56. The Bertz CT molecular complexity index is 797. The smallest absolute Gasteiger partial charge is 0.276 e. The highest BCUT2D eigenvalue weighted by Crippen LogP contribution is 2.41. The Morgan fingerprint density at radius 1 is 1.28 bits per heavy atom.